The first-order valence-corrected chi connectivity index (χ1v) is 8.53. The molecule has 136 valence electrons. The Morgan fingerprint density at radius 1 is 0.815 bits per heavy atom. The van der Waals surface area contributed by atoms with E-state index in [9.17, 15) is 9.59 Å². The van der Waals surface area contributed by atoms with Crippen molar-refractivity contribution in [2.75, 3.05) is 10.6 Å². The molecule has 0 aliphatic heterocycles. The highest BCUT2D eigenvalue weighted by molar-refractivity contribution is 6.02. The average molecular weight is 360 g/mol. The lowest BCUT2D eigenvalue weighted by molar-refractivity contribution is 0.101. The van der Waals surface area contributed by atoms with E-state index in [1.54, 1.807) is 36.4 Å². The third-order valence-corrected chi connectivity index (χ3v) is 4.23. The Bertz CT molecular complexity index is 980. The lowest BCUT2D eigenvalue weighted by Gasteiger charge is -2.08. The summed E-state index contributed by atoms with van der Waals surface area (Å²) in [5.74, 6) is 0.205. The lowest BCUT2D eigenvalue weighted by Crippen LogP contribution is -2.14. The van der Waals surface area contributed by atoms with E-state index < -0.39 is 0 Å². The van der Waals surface area contributed by atoms with Crippen LogP contribution < -0.4 is 10.6 Å². The number of aryl methyl sites for hydroxylation is 2. The van der Waals surface area contributed by atoms with Gasteiger partial charge in [0, 0.05) is 16.9 Å². The summed E-state index contributed by atoms with van der Waals surface area (Å²) in [6, 6.07) is 16.1. The maximum absolute atomic E-state index is 12.3. The van der Waals surface area contributed by atoms with E-state index in [4.69, 9.17) is 0 Å². The number of nitrogens with one attached hydrogen (secondary N) is 2. The zero-order chi connectivity index (χ0) is 19.4. The van der Waals surface area contributed by atoms with Gasteiger partial charge >= 0.3 is 0 Å². The average Bonchev–Trinajstić information content (AvgIpc) is 2.66. The SMILES string of the molecule is CC(=O)c1ccc(Nc2ccc(C(=O)Nc3ccc(C)c(C)c3)nn2)cc1. The Morgan fingerprint density at radius 2 is 1.52 bits per heavy atom. The van der Waals surface area contributed by atoms with Crippen molar-refractivity contribution in [1.29, 1.82) is 0 Å². The molecule has 0 atom stereocenters. The third kappa shape index (κ3) is 4.55. The van der Waals surface area contributed by atoms with E-state index in [2.05, 4.69) is 20.8 Å². The van der Waals surface area contributed by atoms with Crippen LogP contribution in [0.2, 0.25) is 0 Å². The minimum atomic E-state index is -0.317. The molecule has 1 heterocycles. The molecule has 0 spiro atoms. The highest BCUT2D eigenvalue weighted by Gasteiger charge is 2.09. The lowest BCUT2D eigenvalue weighted by atomic mass is 10.1. The van der Waals surface area contributed by atoms with Crippen LogP contribution in [0.15, 0.2) is 54.6 Å². The Kier molecular flexibility index (Phi) is 5.26. The summed E-state index contributed by atoms with van der Waals surface area (Å²) in [6.45, 7) is 5.54. The van der Waals surface area contributed by atoms with Crippen molar-refractivity contribution in [3.63, 3.8) is 0 Å². The molecule has 6 heteroatoms. The summed E-state index contributed by atoms with van der Waals surface area (Å²) >= 11 is 0. The molecule has 0 unspecified atom stereocenters. The smallest absolute Gasteiger partial charge is 0.276 e. The van der Waals surface area contributed by atoms with Gasteiger partial charge in [-0.1, -0.05) is 6.07 Å². The minimum Gasteiger partial charge on any atom is -0.339 e. The van der Waals surface area contributed by atoms with Gasteiger partial charge in [0.2, 0.25) is 0 Å². The Morgan fingerprint density at radius 3 is 2.11 bits per heavy atom. The molecule has 0 saturated carbocycles. The van der Waals surface area contributed by atoms with Gasteiger partial charge in [-0.2, -0.15) is 0 Å². The van der Waals surface area contributed by atoms with E-state index in [0.29, 0.717) is 11.4 Å². The van der Waals surface area contributed by atoms with Gasteiger partial charge in [0.15, 0.2) is 17.3 Å². The van der Waals surface area contributed by atoms with E-state index in [1.165, 1.54) is 12.5 Å². The van der Waals surface area contributed by atoms with Crippen molar-refractivity contribution in [3.05, 3.63) is 77.0 Å². The van der Waals surface area contributed by atoms with Gasteiger partial charge in [-0.05, 0) is 80.4 Å². The van der Waals surface area contributed by atoms with E-state index >= 15 is 0 Å². The van der Waals surface area contributed by atoms with Gasteiger partial charge in [0.25, 0.3) is 5.91 Å². The second-order valence-electron chi connectivity index (χ2n) is 6.32. The quantitative estimate of drug-likeness (QED) is 0.663. The maximum Gasteiger partial charge on any atom is 0.276 e. The molecular formula is C21H20N4O2. The van der Waals surface area contributed by atoms with Crippen LogP contribution in [0.25, 0.3) is 0 Å². The number of aromatic nitrogens is 2. The molecule has 0 aliphatic carbocycles. The van der Waals surface area contributed by atoms with Gasteiger partial charge in [-0.3, -0.25) is 9.59 Å². The highest BCUT2D eigenvalue weighted by atomic mass is 16.2. The van der Waals surface area contributed by atoms with Crippen LogP contribution in [0, 0.1) is 13.8 Å². The van der Waals surface area contributed by atoms with E-state index in [-0.39, 0.29) is 17.4 Å². The van der Waals surface area contributed by atoms with Crippen molar-refractivity contribution in [2.24, 2.45) is 0 Å². The van der Waals surface area contributed by atoms with Crippen LogP contribution in [0.3, 0.4) is 0 Å². The number of hydrogen-bond donors (Lipinski definition) is 2. The molecule has 6 nitrogen and oxygen atoms in total. The molecule has 1 aromatic heterocycles. The molecule has 1 amide bonds. The molecule has 2 aromatic carbocycles. The number of Topliss-reactive ketones (excluding diaryl/α,β-unsaturated/α-hetero) is 1. The molecule has 0 fully saturated rings. The summed E-state index contributed by atoms with van der Waals surface area (Å²) in [5.41, 5.74) is 4.64. The fourth-order valence-electron chi connectivity index (χ4n) is 2.47. The van der Waals surface area contributed by atoms with E-state index in [0.717, 1.165) is 16.9 Å². The fourth-order valence-corrected chi connectivity index (χ4v) is 2.47. The van der Waals surface area contributed by atoms with E-state index in [1.807, 2.05) is 32.0 Å². The molecule has 0 bridgehead atoms. The van der Waals surface area contributed by atoms with Crippen molar-refractivity contribution in [3.8, 4) is 0 Å². The monoisotopic (exact) mass is 360 g/mol. The number of carbonyl (C=O) groups excluding carboxylic acids is 2. The predicted molar refractivity (Wildman–Crippen MR) is 106 cm³/mol. The van der Waals surface area contributed by atoms with Gasteiger partial charge in [-0.15, -0.1) is 10.2 Å². The maximum atomic E-state index is 12.3. The third-order valence-electron chi connectivity index (χ3n) is 4.23. The zero-order valence-electron chi connectivity index (χ0n) is 15.4. The summed E-state index contributed by atoms with van der Waals surface area (Å²) in [5, 5.41) is 13.9. The number of nitrogens with zero attached hydrogens (tertiary/aromatic N) is 2. The second kappa shape index (κ2) is 7.78. The standard InChI is InChI=1S/C21H20N4O2/c1-13-4-7-18(12-14(13)2)23-21(27)19-10-11-20(25-24-19)22-17-8-5-16(6-9-17)15(3)26/h4-12H,1-3H3,(H,22,25)(H,23,27). The topological polar surface area (TPSA) is 84.0 Å². The van der Waals surface area contributed by atoms with Gasteiger partial charge in [0.05, 0.1) is 0 Å². The highest BCUT2D eigenvalue weighted by Crippen LogP contribution is 2.17. The molecule has 27 heavy (non-hydrogen) atoms. The molecular weight excluding hydrogens is 340 g/mol. The summed E-state index contributed by atoms with van der Waals surface area (Å²) < 4.78 is 0. The Balaban J connectivity index is 1.66. The molecule has 2 N–H and O–H groups in total. The van der Waals surface area contributed by atoms with Gasteiger partial charge in [-0.25, -0.2) is 0 Å². The first kappa shape index (κ1) is 18.3. The summed E-state index contributed by atoms with van der Waals surface area (Å²) in [4.78, 5) is 23.6. The van der Waals surface area contributed by atoms with Crippen LogP contribution in [-0.2, 0) is 0 Å². The van der Waals surface area contributed by atoms with Gasteiger partial charge < -0.3 is 10.6 Å². The van der Waals surface area contributed by atoms with Crippen LogP contribution in [0.1, 0.15) is 38.9 Å². The second-order valence-corrected chi connectivity index (χ2v) is 6.32. The molecule has 0 saturated heterocycles. The normalized spacial score (nSPS) is 10.3. The van der Waals surface area contributed by atoms with Crippen LogP contribution >= 0.6 is 0 Å². The number of benzene rings is 2. The van der Waals surface area contributed by atoms with Crippen LogP contribution in [0.5, 0.6) is 0 Å². The number of anilines is 3. The Hall–Kier alpha value is -3.54. The first-order valence-electron chi connectivity index (χ1n) is 8.53. The summed E-state index contributed by atoms with van der Waals surface area (Å²) in [7, 11) is 0. The first-order chi connectivity index (χ1) is 12.9. The largest absolute Gasteiger partial charge is 0.339 e. The number of carbonyl (C=O) groups is 2. The molecule has 3 rings (SSSR count). The summed E-state index contributed by atoms with van der Waals surface area (Å²) in [6.07, 6.45) is 0. The van der Waals surface area contributed by atoms with Crippen molar-refractivity contribution >= 4 is 28.9 Å². The molecule has 0 radical (unpaired) electrons. The predicted octanol–water partition coefficient (Wildman–Crippen LogP) is 4.29. The van der Waals surface area contributed by atoms with Gasteiger partial charge in [0.1, 0.15) is 0 Å². The number of rotatable bonds is 5. The number of ketones is 1. The van der Waals surface area contributed by atoms with Crippen LogP contribution in [-0.4, -0.2) is 21.9 Å². The molecule has 0 aliphatic rings. The van der Waals surface area contributed by atoms with Crippen molar-refractivity contribution in [2.45, 2.75) is 20.8 Å². The zero-order valence-corrected chi connectivity index (χ0v) is 15.4. The molecule has 3 aromatic rings. The minimum absolute atomic E-state index is 0.0143. The fraction of sp³-hybridized carbons (Fsp3) is 0.143. The number of hydrogen-bond acceptors (Lipinski definition) is 5. The van der Waals surface area contributed by atoms with Crippen LogP contribution in [0.4, 0.5) is 17.2 Å². The van der Waals surface area contributed by atoms with Crippen molar-refractivity contribution in [1.82, 2.24) is 10.2 Å². The number of amides is 1. The Labute approximate surface area is 157 Å². The van der Waals surface area contributed by atoms with Crippen molar-refractivity contribution < 1.29 is 9.59 Å².